The quantitative estimate of drug-likeness (QED) is 0.579. The molecule has 0 spiro atoms. The summed E-state index contributed by atoms with van der Waals surface area (Å²) in [7, 11) is 0. The molecule has 1 fully saturated rings. The van der Waals surface area contributed by atoms with Crippen LogP contribution in [0, 0.1) is 6.92 Å². The Hall–Kier alpha value is -0.560. The first-order valence-corrected chi connectivity index (χ1v) is 4.77. The number of hydrogen-bond acceptors (Lipinski definition) is 1. The van der Waals surface area contributed by atoms with Crippen LogP contribution in [-0.4, -0.2) is 24.5 Å². The summed E-state index contributed by atoms with van der Waals surface area (Å²) in [5, 5.41) is 0. The molecule has 1 heterocycles. The van der Waals surface area contributed by atoms with Crippen LogP contribution in [0.2, 0.25) is 0 Å². The predicted molar refractivity (Wildman–Crippen MR) is 53.9 cm³/mol. The third-order valence-corrected chi connectivity index (χ3v) is 2.20. The average molecular weight is 164 g/mol. The van der Waals surface area contributed by atoms with Crippen LogP contribution in [0.3, 0.4) is 0 Å². The van der Waals surface area contributed by atoms with E-state index in [1.807, 2.05) is 12.2 Å². The van der Waals surface area contributed by atoms with Crippen LogP contribution >= 0.6 is 0 Å². The van der Waals surface area contributed by atoms with Crippen molar-refractivity contribution < 1.29 is 0 Å². The van der Waals surface area contributed by atoms with E-state index in [1.165, 1.54) is 32.4 Å². The Kier molecular flexibility index (Phi) is 4.77. The maximum Gasteiger partial charge on any atom is 0.0166 e. The molecule has 0 aliphatic carbocycles. The van der Waals surface area contributed by atoms with Gasteiger partial charge < -0.3 is 0 Å². The van der Waals surface area contributed by atoms with Gasteiger partial charge in [-0.1, -0.05) is 30.7 Å². The van der Waals surface area contributed by atoms with E-state index in [9.17, 15) is 0 Å². The topological polar surface area (TPSA) is 3.24 Å². The molecule has 1 aliphatic rings. The molecule has 0 unspecified atom stereocenters. The minimum atomic E-state index is 1.10. The summed E-state index contributed by atoms with van der Waals surface area (Å²) >= 11 is 0. The van der Waals surface area contributed by atoms with E-state index in [0.29, 0.717) is 0 Å². The molecule has 12 heavy (non-hydrogen) atoms. The first-order valence-electron chi connectivity index (χ1n) is 4.77. The largest absolute Gasteiger partial charge is 0.300 e. The second-order valence-corrected chi connectivity index (χ2v) is 3.22. The molecule has 0 aromatic carbocycles. The third-order valence-electron chi connectivity index (χ3n) is 2.20. The lowest BCUT2D eigenvalue weighted by Crippen LogP contribution is -2.29. The van der Waals surface area contributed by atoms with E-state index in [1.54, 1.807) is 0 Å². The Morgan fingerprint density at radius 1 is 1.08 bits per heavy atom. The molecule has 0 atom stereocenters. The second kappa shape index (κ2) is 6.01. The van der Waals surface area contributed by atoms with Crippen LogP contribution in [-0.2, 0) is 0 Å². The molecular formula is C11H18N. The fraction of sp³-hybridized carbons (Fsp3) is 0.545. The van der Waals surface area contributed by atoms with E-state index in [-0.39, 0.29) is 0 Å². The number of nitrogens with zero attached hydrogens (tertiary/aromatic N) is 1. The molecule has 1 aliphatic heterocycles. The smallest absolute Gasteiger partial charge is 0.0166 e. The molecule has 0 aromatic heterocycles. The van der Waals surface area contributed by atoms with Gasteiger partial charge in [-0.3, -0.25) is 4.90 Å². The molecule has 0 aromatic rings. The molecule has 1 radical (unpaired) electrons. The van der Waals surface area contributed by atoms with Crippen molar-refractivity contribution in [3.05, 3.63) is 31.2 Å². The van der Waals surface area contributed by atoms with Crippen molar-refractivity contribution >= 4 is 0 Å². The SMILES string of the molecule is [CH2]C=CC=CCN1CCCCC1. The lowest BCUT2D eigenvalue weighted by Gasteiger charge is -2.24. The summed E-state index contributed by atoms with van der Waals surface area (Å²) in [4.78, 5) is 2.50. The molecule has 0 bridgehead atoms. The van der Waals surface area contributed by atoms with Crippen molar-refractivity contribution in [2.75, 3.05) is 19.6 Å². The van der Waals surface area contributed by atoms with E-state index < -0.39 is 0 Å². The lowest BCUT2D eigenvalue weighted by molar-refractivity contribution is 0.251. The van der Waals surface area contributed by atoms with Crippen molar-refractivity contribution in [3.8, 4) is 0 Å². The van der Waals surface area contributed by atoms with Crippen molar-refractivity contribution in [3.63, 3.8) is 0 Å². The highest BCUT2D eigenvalue weighted by molar-refractivity contribution is 5.04. The standard InChI is InChI=1S/C11H18N/c1-2-3-4-6-9-12-10-7-5-8-11-12/h2-4,6H,1,5,7-11H2. The minimum Gasteiger partial charge on any atom is -0.300 e. The Morgan fingerprint density at radius 2 is 1.83 bits per heavy atom. The molecular weight excluding hydrogens is 146 g/mol. The number of allylic oxidation sites excluding steroid dienone is 3. The molecule has 1 saturated heterocycles. The zero-order valence-electron chi connectivity index (χ0n) is 7.71. The van der Waals surface area contributed by atoms with E-state index >= 15 is 0 Å². The van der Waals surface area contributed by atoms with Gasteiger partial charge in [0.25, 0.3) is 0 Å². The summed E-state index contributed by atoms with van der Waals surface area (Å²) in [5.74, 6) is 0. The maximum absolute atomic E-state index is 3.62. The zero-order chi connectivity index (χ0) is 8.65. The molecule has 67 valence electrons. The minimum absolute atomic E-state index is 1.10. The van der Waals surface area contributed by atoms with Gasteiger partial charge in [-0.25, -0.2) is 0 Å². The average Bonchev–Trinajstić information content (AvgIpc) is 2.14. The zero-order valence-corrected chi connectivity index (χ0v) is 7.71. The van der Waals surface area contributed by atoms with Crippen molar-refractivity contribution in [2.24, 2.45) is 0 Å². The molecule has 0 N–H and O–H groups in total. The molecule has 1 rings (SSSR count). The number of likely N-dealkylation sites (tertiary alicyclic amines) is 1. The van der Waals surface area contributed by atoms with E-state index in [0.717, 1.165) is 6.54 Å². The summed E-state index contributed by atoms with van der Waals surface area (Å²) in [6.07, 6.45) is 12.2. The van der Waals surface area contributed by atoms with E-state index in [2.05, 4.69) is 24.0 Å². The van der Waals surface area contributed by atoms with Gasteiger partial charge in [0.1, 0.15) is 0 Å². The van der Waals surface area contributed by atoms with Gasteiger partial charge in [-0.05, 0) is 32.9 Å². The van der Waals surface area contributed by atoms with Crippen LogP contribution in [0.25, 0.3) is 0 Å². The van der Waals surface area contributed by atoms with Gasteiger partial charge in [0.15, 0.2) is 0 Å². The van der Waals surface area contributed by atoms with Gasteiger partial charge in [-0.2, -0.15) is 0 Å². The lowest BCUT2D eigenvalue weighted by atomic mass is 10.1. The molecule has 0 amide bonds. The highest BCUT2D eigenvalue weighted by Gasteiger charge is 2.06. The highest BCUT2D eigenvalue weighted by Crippen LogP contribution is 2.07. The van der Waals surface area contributed by atoms with Gasteiger partial charge >= 0.3 is 0 Å². The van der Waals surface area contributed by atoms with Crippen molar-refractivity contribution in [1.29, 1.82) is 0 Å². The summed E-state index contributed by atoms with van der Waals surface area (Å²) in [6.45, 7) is 7.28. The third kappa shape index (κ3) is 3.72. The Balaban J connectivity index is 2.12. The highest BCUT2D eigenvalue weighted by atomic mass is 15.1. The number of piperidine rings is 1. The molecule has 1 heteroatoms. The maximum atomic E-state index is 3.62. The number of hydrogen-bond donors (Lipinski definition) is 0. The fourth-order valence-electron chi connectivity index (χ4n) is 1.51. The van der Waals surface area contributed by atoms with Crippen LogP contribution in [0.15, 0.2) is 24.3 Å². The van der Waals surface area contributed by atoms with Gasteiger partial charge in [0.2, 0.25) is 0 Å². The first-order chi connectivity index (χ1) is 5.93. The molecule has 1 nitrogen and oxygen atoms in total. The van der Waals surface area contributed by atoms with Crippen LogP contribution in [0.4, 0.5) is 0 Å². The summed E-state index contributed by atoms with van der Waals surface area (Å²) < 4.78 is 0. The van der Waals surface area contributed by atoms with Crippen molar-refractivity contribution in [1.82, 2.24) is 4.90 Å². The number of rotatable bonds is 3. The van der Waals surface area contributed by atoms with Gasteiger partial charge in [0.05, 0.1) is 0 Å². The Bertz CT molecular complexity index is 152. The normalized spacial score (nSPS) is 21.1. The Morgan fingerprint density at radius 3 is 2.50 bits per heavy atom. The van der Waals surface area contributed by atoms with Gasteiger partial charge in [-0.15, -0.1) is 0 Å². The first kappa shape index (κ1) is 9.53. The van der Waals surface area contributed by atoms with Crippen LogP contribution in [0.1, 0.15) is 19.3 Å². The second-order valence-electron chi connectivity index (χ2n) is 3.22. The fourth-order valence-corrected chi connectivity index (χ4v) is 1.51. The van der Waals surface area contributed by atoms with Crippen molar-refractivity contribution in [2.45, 2.75) is 19.3 Å². The van der Waals surface area contributed by atoms with Gasteiger partial charge in [0, 0.05) is 6.54 Å². The van der Waals surface area contributed by atoms with E-state index in [4.69, 9.17) is 0 Å². The monoisotopic (exact) mass is 164 g/mol. The predicted octanol–water partition coefficient (Wildman–Crippen LogP) is 2.42. The Labute approximate surface area is 75.8 Å². The molecule has 0 saturated carbocycles. The van der Waals surface area contributed by atoms with Crippen LogP contribution < -0.4 is 0 Å². The van der Waals surface area contributed by atoms with Crippen LogP contribution in [0.5, 0.6) is 0 Å². The summed E-state index contributed by atoms with van der Waals surface area (Å²) in [6, 6.07) is 0. The summed E-state index contributed by atoms with van der Waals surface area (Å²) in [5.41, 5.74) is 0.